The van der Waals surface area contributed by atoms with Gasteiger partial charge in [-0.15, -0.1) is 0 Å². The van der Waals surface area contributed by atoms with Crippen LogP contribution in [-0.4, -0.2) is 136 Å². The van der Waals surface area contributed by atoms with E-state index in [0.717, 1.165) is 44.5 Å². The van der Waals surface area contributed by atoms with Gasteiger partial charge in [-0.2, -0.15) is 0 Å². The summed E-state index contributed by atoms with van der Waals surface area (Å²) in [5, 5.41) is 5.68. The highest BCUT2D eigenvalue weighted by atomic mass is 16.6. The Kier molecular flexibility index (Phi) is 20.4. The van der Waals surface area contributed by atoms with Crippen LogP contribution in [0.3, 0.4) is 0 Å². The molecular weight excluding hydrogens is 1100 g/mol. The van der Waals surface area contributed by atoms with E-state index in [4.69, 9.17) is 37.9 Å². The molecule has 86 heavy (non-hydrogen) atoms. The Bertz CT molecular complexity index is 3060. The van der Waals surface area contributed by atoms with Gasteiger partial charge in [0, 0.05) is 38.8 Å². The van der Waals surface area contributed by atoms with E-state index in [1.807, 2.05) is 114 Å². The molecule has 0 fully saturated rings. The number of carbonyl (C=O) groups is 6. The van der Waals surface area contributed by atoms with Crippen LogP contribution in [0.5, 0.6) is 23.0 Å². The van der Waals surface area contributed by atoms with Gasteiger partial charge in [0.2, 0.25) is 0 Å². The zero-order valence-corrected chi connectivity index (χ0v) is 49.9. The Labute approximate surface area is 502 Å². The normalized spacial score (nSPS) is 13.7. The summed E-state index contributed by atoms with van der Waals surface area (Å²) in [4.78, 5) is 79.9. The summed E-state index contributed by atoms with van der Waals surface area (Å²) in [6.45, 7) is 13.2. The lowest BCUT2D eigenvalue weighted by molar-refractivity contribution is 0.0513. The molecule has 6 aromatic rings. The number of nitrogens with one attached hydrogen (secondary N) is 2. The molecule has 8 bridgehead atoms. The maximum Gasteiger partial charge on any atom is 0.407 e. The van der Waals surface area contributed by atoms with Gasteiger partial charge in [0.1, 0.15) is 47.4 Å². The first-order valence-electron chi connectivity index (χ1n) is 29.4. The number of alkyl carbamates (subject to hydrolysis) is 2. The number of hydrogen-bond donors (Lipinski definition) is 2. The number of hydrogen-bond acceptors (Lipinski definition) is 14. The number of para-hydroxylation sites is 4. The van der Waals surface area contributed by atoms with Gasteiger partial charge in [0.15, 0.2) is 0 Å². The topological polar surface area (TPSA) is 207 Å². The zero-order chi connectivity index (χ0) is 60.8. The predicted octanol–water partition coefficient (Wildman–Crippen LogP) is 10.3. The number of nitrogens with zero attached hydrogens (tertiary/aromatic N) is 2. The van der Waals surface area contributed by atoms with Crippen molar-refractivity contribution in [1.82, 2.24) is 20.4 Å². The lowest BCUT2D eigenvalue weighted by Gasteiger charge is -2.23. The van der Waals surface area contributed by atoms with E-state index < -0.39 is 23.4 Å². The Morgan fingerprint density at radius 1 is 0.372 bits per heavy atom. The Morgan fingerprint density at radius 2 is 0.640 bits per heavy atom. The van der Waals surface area contributed by atoms with E-state index in [9.17, 15) is 28.8 Å². The quantitative estimate of drug-likeness (QED) is 0.0427. The number of carbonyl (C=O) groups excluding carboxylic acids is 6. The molecule has 452 valence electrons. The van der Waals surface area contributed by atoms with Gasteiger partial charge in [0.25, 0.3) is 23.6 Å². The fraction of sp³-hybridized carbons (Fsp3) is 0.382. The van der Waals surface area contributed by atoms with Gasteiger partial charge >= 0.3 is 12.2 Å². The van der Waals surface area contributed by atoms with Crippen molar-refractivity contribution in [3.63, 3.8) is 0 Å². The second-order valence-electron chi connectivity index (χ2n) is 23.1. The molecule has 0 saturated heterocycles. The molecule has 0 saturated carbocycles. The molecule has 6 aromatic carbocycles. The monoisotopic (exact) mass is 1170 g/mol. The van der Waals surface area contributed by atoms with Crippen molar-refractivity contribution >= 4 is 35.8 Å². The molecule has 0 radical (unpaired) electrons. The second kappa shape index (κ2) is 28.4. The third-order valence-corrected chi connectivity index (χ3v) is 14.3. The average molecular weight is 1170 g/mol. The number of fused-ring (bicyclic) bond motifs is 10. The summed E-state index contributed by atoms with van der Waals surface area (Å²) in [5.41, 5.74) is 7.35. The number of benzene rings is 6. The smallest absolute Gasteiger partial charge is 0.407 e. The maximum atomic E-state index is 13.1. The van der Waals surface area contributed by atoms with Gasteiger partial charge in [-0.3, -0.25) is 29.0 Å². The molecule has 0 unspecified atom stereocenters. The number of ether oxygens (including phenoxy) is 8. The summed E-state index contributed by atoms with van der Waals surface area (Å²) in [6.07, 6.45) is 1.57. The van der Waals surface area contributed by atoms with E-state index in [0.29, 0.717) is 96.9 Å². The summed E-state index contributed by atoms with van der Waals surface area (Å²) < 4.78 is 50.2. The number of amides is 6. The minimum absolute atomic E-state index is 0.0928. The third kappa shape index (κ3) is 16.0. The van der Waals surface area contributed by atoms with Crippen molar-refractivity contribution in [2.24, 2.45) is 0 Å². The van der Waals surface area contributed by atoms with Crippen LogP contribution in [0.25, 0.3) is 0 Å². The summed E-state index contributed by atoms with van der Waals surface area (Å²) in [6, 6.07) is 38.0. The molecule has 2 aliphatic heterocycles. The summed E-state index contributed by atoms with van der Waals surface area (Å²) >= 11 is 0. The van der Waals surface area contributed by atoms with Crippen LogP contribution in [0.1, 0.15) is 140 Å². The molecule has 1 aliphatic carbocycles. The van der Waals surface area contributed by atoms with E-state index in [2.05, 4.69) is 10.6 Å². The third-order valence-electron chi connectivity index (χ3n) is 14.3. The Morgan fingerprint density at radius 3 is 0.907 bits per heavy atom. The van der Waals surface area contributed by atoms with E-state index in [1.165, 1.54) is 9.80 Å². The maximum absolute atomic E-state index is 13.1. The number of rotatable bonds is 24. The van der Waals surface area contributed by atoms with Gasteiger partial charge in [0.05, 0.1) is 75.0 Å². The van der Waals surface area contributed by atoms with Crippen molar-refractivity contribution in [1.29, 1.82) is 0 Å². The standard InChI is InChI=1S/C68H76N4O14/c1-67(2,3)85-65(77)69-29-15-33-81-57-45-17-11-18-46(57)42-50-22-14-24-52(60(50)84-40-38-80-36-32-72-63(75)55-27-9-10-28-56(55)64(72)76)44-48-20-12-19-47(58(48)82-34-16-30-70-66(78)86-68(4,5)6)43-51-23-13-21-49(41-45)59(51)83-39-37-79-35-31-71-61(73)53-25-7-8-26-54(53)62(71)74/h7-14,17-28H,15-16,29-44H2,1-6H3,(H,69,77)(H,70,78). The summed E-state index contributed by atoms with van der Waals surface area (Å²) in [5.74, 6) is 1.31. The molecule has 2 N–H and O–H groups in total. The fourth-order valence-corrected chi connectivity index (χ4v) is 10.5. The lowest BCUT2D eigenvalue weighted by atomic mass is 9.91. The average Bonchev–Trinajstić information content (AvgIpc) is 3.29. The Hall–Kier alpha value is -8.74. The molecule has 3 aliphatic rings. The first-order valence-corrected chi connectivity index (χ1v) is 29.4. The largest absolute Gasteiger partial charge is 0.493 e. The first-order chi connectivity index (χ1) is 41.4. The molecule has 18 nitrogen and oxygen atoms in total. The van der Waals surface area contributed by atoms with Crippen molar-refractivity contribution in [3.05, 3.63) is 188 Å². The minimum Gasteiger partial charge on any atom is -0.493 e. The van der Waals surface area contributed by atoms with Crippen LogP contribution in [0.4, 0.5) is 9.59 Å². The van der Waals surface area contributed by atoms with Gasteiger partial charge < -0.3 is 48.5 Å². The van der Waals surface area contributed by atoms with Crippen LogP contribution in [0, 0.1) is 0 Å². The van der Waals surface area contributed by atoms with Crippen LogP contribution in [-0.2, 0) is 44.6 Å². The van der Waals surface area contributed by atoms with E-state index in [1.54, 1.807) is 48.5 Å². The molecular formula is C68H76N4O14. The molecule has 2 heterocycles. The van der Waals surface area contributed by atoms with Crippen LogP contribution >= 0.6 is 0 Å². The van der Waals surface area contributed by atoms with Gasteiger partial charge in [-0.1, -0.05) is 97.1 Å². The van der Waals surface area contributed by atoms with Gasteiger partial charge in [-0.25, -0.2) is 9.59 Å². The molecule has 0 atom stereocenters. The highest BCUT2D eigenvalue weighted by Gasteiger charge is 2.36. The highest BCUT2D eigenvalue weighted by Crippen LogP contribution is 2.39. The first kappa shape index (κ1) is 61.8. The number of imide groups is 2. The van der Waals surface area contributed by atoms with Gasteiger partial charge in [-0.05, 0) is 123 Å². The molecule has 9 rings (SSSR count). The van der Waals surface area contributed by atoms with Crippen molar-refractivity contribution < 1.29 is 66.7 Å². The van der Waals surface area contributed by atoms with Crippen LogP contribution < -0.4 is 29.6 Å². The van der Waals surface area contributed by atoms with Crippen molar-refractivity contribution in [3.8, 4) is 23.0 Å². The second-order valence-corrected chi connectivity index (χ2v) is 23.1. The predicted molar refractivity (Wildman–Crippen MR) is 322 cm³/mol. The highest BCUT2D eigenvalue weighted by molar-refractivity contribution is 6.22. The molecule has 6 amide bonds. The molecule has 0 aromatic heterocycles. The molecule has 18 heteroatoms. The fourth-order valence-electron chi connectivity index (χ4n) is 10.5. The van der Waals surface area contributed by atoms with E-state index in [-0.39, 0.29) is 89.6 Å². The van der Waals surface area contributed by atoms with Crippen LogP contribution in [0.15, 0.2) is 121 Å². The van der Waals surface area contributed by atoms with Crippen LogP contribution in [0.2, 0.25) is 0 Å². The summed E-state index contributed by atoms with van der Waals surface area (Å²) in [7, 11) is 0. The van der Waals surface area contributed by atoms with E-state index >= 15 is 0 Å². The van der Waals surface area contributed by atoms with Crippen molar-refractivity contribution in [2.75, 3.05) is 79.0 Å². The van der Waals surface area contributed by atoms with Crippen molar-refractivity contribution in [2.45, 2.75) is 91.3 Å². The zero-order valence-electron chi connectivity index (χ0n) is 49.9. The Balaban J connectivity index is 1.00. The lowest BCUT2D eigenvalue weighted by Crippen LogP contribution is -2.33. The SMILES string of the molecule is CC(C)(C)OC(=O)NCCCOc1c2cccc1Cc1cccc(c1OCCOCCN1C(=O)c3ccccc3C1=O)Cc1cccc(c1OCCCNC(=O)OC(C)(C)C)Cc1cccc(c1OCCOCCN1C(=O)c3ccccc3C1=O)C2. The minimum atomic E-state index is -0.648. The molecule has 0 spiro atoms.